The molecule has 0 aliphatic heterocycles. The summed E-state index contributed by atoms with van der Waals surface area (Å²) < 4.78 is 8.95. The Hall–Kier alpha value is -7.89. The lowest BCUT2D eigenvalue weighted by Crippen LogP contribution is -2.00. The van der Waals surface area contributed by atoms with Gasteiger partial charge >= 0.3 is 0 Å². The zero-order valence-corrected chi connectivity index (χ0v) is 31.2. The maximum absolute atomic E-state index is 6.55. The number of rotatable bonds is 5. The third-order valence-electron chi connectivity index (χ3n) is 11.4. The number of fused-ring (bicyclic) bond motifs is 9. The molecule has 270 valence electrons. The van der Waals surface area contributed by atoms with Gasteiger partial charge in [0.1, 0.15) is 11.2 Å². The molecule has 0 aliphatic rings. The Balaban J connectivity index is 1.05. The van der Waals surface area contributed by atoms with Gasteiger partial charge in [0.25, 0.3) is 0 Å². The number of hydrogen-bond acceptors (Lipinski definition) is 4. The van der Waals surface area contributed by atoms with Crippen LogP contribution in [0.1, 0.15) is 0 Å². The molecule has 0 bridgehead atoms. The lowest BCUT2D eigenvalue weighted by molar-refractivity contribution is 0.669. The van der Waals surface area contributed by atoms with Gasteiger partial charge in [-0.1, -0.05) is 133 Å². The van der Waals surface area contributed by atoms with E-state index in [1.165, 1.54) is 32.6 Å². The molecule has 0 aliphatic carbocycles. The minimum absolute atomic E-state index is 0.601. The molecule has 3 aromatic heterocycles. The summed E-state index contributed by atoms with van der Waals surface area (Å²) in [5.41, 5.74) is 10.1. The van der Waals surface area contributed by atoms with Crippen molar-refractivity contribution < 1.29 is 4.42 Å². The van der Waals surface area contributed by atoms with Gasteiger partial charge in [-0.3, -0.25) is 0 Å². The molecule has 58 heavy (non-hydrogen) atoms. The normalized spacial score (nSPS) is 11.8. The summed E-state index contributed by atoms with van der Waals surface area (Å²) in [6, 6.07) is 68.1. The molecule has 0 spiro atoms. The first kappa shape index (κ1) is 32.4. The fourth-order valence-corrected chi connectivity index (χ4v) is 8.61. The van der Waals surface area contributed by atoms with Gasteiger partial charge in [0.05, 0.1) is 11.0 Å². The third kappa shape index (κ3) is 5.21. The fourth-order valence-electron chi connectivity index (χ4n) is 8.61. The lowest BCUT2D eigenvalue weighted by atomic mass is 10.0. The van der Waals surface area contributed by atoms with Crippen LogP contribution in [0.3, 0.4) is 0 Å². The number of nitrogens with zero attached hydrogens (tertiary/aromatic N) is 4. The first-order chi connectivity index (χ1) is 28.7. The highest BCUT2D eigenvalue weighted by Gasteiger charge is 2.18. The summed E-state index contributed by atoms with van der Waals surface area (Å²) in [6.07, 6.45) is 0. The van der Waals surface area contributed by atoms with Gasteiger partial charge in [0.15, 0.2) is 17.5 Å². The van der Waals surface area contributed by atoms with Crippen molar-refractivity contribution in [2.24, 2.45) is 0 Å². The molecule has 0 atom stereocenters. The van der Waals surface area contributed by atoms with E-state index in [-0.39, 0.29) is 0 Å². The van der Waals surface area contributed by atoms with Crippen LogP contribution in [0, 0.1) is 0 Å². The largest absolute Gasteiger partial charge is 0.456 e. The van der Waals surface area contributed by atoms with Gasteiger partial charge in [-0.05, 0) is 93.3 Å². The molecule has 0 unspecified atom stereocenters. The fraction of sp³-hybridized carbons (Fsp3) is 0. The predicted molar refractivity (Wildman–Crippen MR) is 238 cm³/mol. The smallest absolute Gasteiger partial charge is 0.164 e. The summed E-state index contributed by atoms with van der Waals surface area (Å²) >= 11 is 0. The van der Waals surface area contributed by atoms with E-state index in [0.29, 0.717) is 17.5 Å². The Kier molecular flexibility index (Phi) is 7.16. The van der Waals surface area contributed by atoms with E-state index in [1.54, 1.807) is 0 Å². The molecule has 0 N–H and O–H groups in total. The maximum Gasteiger partial charge on any atom is 0.164 e. The van der Waals surface area contributed by atoms with Crippen LogP contribution in [0.2, 0.25) is 0 Å². The van der Waals surface area contributed by atoms with E-state index in [9.17, 15) is 0 Å². The molecular formula is C53H32N4O. The van der Waals surface area contributed by atoms with E-state index >= 15 is 0 Å². The highest BCUT2D eigenvalue weighted by Crippen LogP contribution is 2.40. The summed E-state index contributed by atoms with van der Waals surface area (Å²) in [5, 5.41) is 9.27. The molecule has 9 aromatic carbocycles. The maximum atomic E-state index is 6.55. The number of furan rings is 1. The SMILES string of the molecule is c1ccc(-c2cccc(-c3nc(-c4ccccc4)nc(-c4ccc5oc6ccc7ccc(-n8c9ccccc9c9cc%10ccccc%10cc98)cc7c6c5c4)n3)c2)cc1. The summed E-state index contributed by atoms with van der Waals surface area (Å²) in [7, 11) is 0. The van der Waals surface area contributed by atoms with Crippen LogP contribution in [0.5, 0.6) is 0 Å². The Bertz CT molecular complexity index is 3570. The van der Waals surface area contributed by atoms with Crippen molar-refractivity contribution in [2.75, 3.05) is 0 Å². The lowest BCUT2D eigenvalue weighted by Gasteiger charge is -2.11. The van der Waals surface area contributed by atoms with Gasteiger partial charge in [-0.2, -0.15) is 0 Å². The van der Waals surface area contributed by atoms with Crippen LogP contribution in [0.25, 0.3) is 116 Å². The minimum atomic E-state index is 0.601. The Morgan fingerprint density at radius 2 is 0.948 bits per heavy atom. The van der Waals surface area contributed by atoms with Crippen LogP contribution in [-0.4, -0.2) is 19.5 Å². The standard InChI is InChI=1S/C53H32N4O/c1-3-12-33(13-4-1)36-18-11-19-39(28-36)52-54-51(35-14-5-2-6-15-35)55-53(56-52)40-24-26-48-45(30-40)50-43-32-41(25-22-34(43)23-27-49(50)58-48)57-46-21-10-9-20-42(46)44-29-37-16-7-8-17-38(37)31-47(44)57/h1-32H. The second-order valence-electron chi connectivity index (χ2n) is 14.8. The van der Waals surface area contributed by atoms with E-state index in [4.69, 9.17) is 19.4 Å². The van der Waals surface area contributed by atoms with Crippen LogP contribution in [-0.2, 0) is 0 Å². The molecule has 0 saturated heterocycles. The van der Waals surface area contributed by atoms with Crippen molar-refractivity contribution in [1.82, 2.24) is 19.5 Å². The van der Waals surface area contributed by atoms with E-state index in [0.717, 1.165) is 66.2 Å². The molecular weight excluding hydrogens is 709 g/mol. The van der Waals surface area contributed by atoms with Crippen molar-refractivity contribution in [3.63, 3.8) is 0 Å². The molecule has 0 fully saturated rings. The topological polar surface area (TPSA) is 56.7 Å². The van der Waals surface area contributed by atoms with Crippen molar-refractivity contribution in [1.29, 1.82) is 0 Å². The number of aromatic nitrogens is 4. The van der Waals surface area contributed by atoms with Gasteiger partial charge in [0, 0.05) is 43.9 Å². The van der Waals surface area contributed by atoms with E-state index < -0.39 is 0 Å². The molecule has 5 nitrogen and oxygen atoms in total. The van der Waals surface area contributed by atoms with Crippen molar-refractivity contribution in [3.8, 4) is 51.0 Å². The highest BCUT2D eigenvalue weighted by molar-refractivity contribution is 6.20. The Morgan fingerprint density at radius 1 is 0.328 bits per heavy atom. The Morgan fingerprint density at radius 3 is 1.76 bits per heavy atom. The quantitative estimate of drug-likeness (QED) is 0.176. The first-order valence-electron chi connectivity index (χ1n) is 19.5. The van der Waals surface area contributed by atoms with Crippen molar-refractivity contribution >= 4 is 65.3 Å². The Labute approximate surface area is 333 Å². The zero-order valence-electron chi connectivity index (χ0n) is 31.2. The molecule has 12 rings (SSSR count). The predicted octanol–water partition coefficient (Wildman–Crippen LogP) is 13.8. The van der Waals surface area contributed by atoms with Crippen molar-refractivity contribution in [2.45, 2.75) is 0 Å². The molecule has 0 saturated carbocycles. The van der Waals surface area contributed by atoms with Gasteiger partial charge in [0.2, 0.25) is 0 Å². The molecule has 3 heterocycles. The van der Waals surface area contributed by atoms with E-state index in [1.807, 2.05) is 42.5 Å². The minimum Gasteiger partial charge on any atom is -0.456 e. The van der Waals surface area contributed by atoms with Crippen molar-refractivity contribution in [3.05, 3.63) is 194 Å². The van der Waals surface area contributed by atoms with Crippen LogP contribution in [0.15, 0.2) is 199 Å². The second kappa shape index (κ2) is 12.8. The van der Waals surface area contributed by atoms with Crippen LogP contribution in [0.4, 0.5) is 0 Å². The zero-order chi connectivity index (χ0) is 38.2. The molecule has 0 amide bonds. The van der Waals surface area contributed by atoms with Gasteiger partial charge < -0.3 is 8.98 Å². The molecule has 5 heteroatoms. The monoisotopic (exact) mass is 740 g/mol. The van der Waals surface area contributed by atoms with Crippen LogP contribution < -0.4 is 0 Å². The summed E-state index contributed by atoms with van der Waals surface area (Å²) in [4.78, 5) is 15.3. The number of benzene rings is 9. The molecule has 12 aromatic rings. The summed E-state index contributed by atoms with van der Waals surface area (Å²) in [6.45, 7) is 0. The molecule has 0 radical (unpaired) electrons. The number of hydrogen-bond donors (Lipinski definition) is 0. The average Bonchev–Trinajstić information content (AvgIpc) is 3.84. The van der Waals surface area contributed by atoms with Gasteiger partial charge in [-0.25, -0.2) is 15.0 Å². The van der Waals surface area contributed by atoms with Gasteiger partial charge in [-0.15, -0.1) is 0 Å². The number of para-hydroxylation sites is 1. The van der Waals surface area contributed by atoms with Crippen LogP contribution >= 0.6 is 0 Å². The van der Waals surface area contributed by atoms with E-state index in [2.05, 4.69) is 156 Å². The first-order valence-corrected chi connectivity index (χ1v) is 19.5. The average molecular weight is 741 g/mol. The summed E-state index contributed by atoms with van der Waals surface area (Å²) in [5.74, 6) is 1.84. The third-order valence-corrected chi connectivity index (χ3v) is 11.4. The second-order valence-corrected chi connectivity index (χ2v) is 14.8. The highest BCUT2D eigenvalue weighted by atomic mass is 16.3.